The molecular formula is C11H22N4. The molecule has 1 aromatic rings. The Hall–Kier alpha value is -0.870. The van der Waals surface area contributed by atoms with Crippen molar-refractivity contribution in [2.45, 2.75) is 45.1 Å². The Kier molecular flexibility index (Phi) is 5.36. The lowest BCUT2D eigenvalue weighted by Crippen LogP contribution is -2.29. The topological polar surface area (TPSA) is 55.9 Å². The molecule has 0 fully saturated rings. The van der Waals surface area contributed by atoms with Gasteiger partial charge in [-0.05, 0) is 6.42 Å². The van der Waals surface area contributed by atoms with Crippen LogP contribution in [0.3, 0.4) is 0 Å². The summed E-state index contributed by atoms with van der Waals surface area (Å²) < 4.78 is 2.02. The summed E-state index contributed by atoms with van der Waals surface area (Å²) in [6, 6.07) is 0.231. The molecule has 0 amide bonds. The average molecular weight is 210 g/mol. The molecule has 1 unspecified atom stereocenters. The van der Waals surface area contributed by atoms with E-state index in [0.29, 0.717) is 0 Å². The molecule has 4 nitrogen and oxygen atoms in total. The first-order chi connectivity index (χ1) is 7.29. The van der Waals surface area contributed by atoms with Gasteiger partial charge in [-0.25, -0.2) is 4.98 Å². The third-order valence-corrected chi connectivity index (χ3v) is 2.76. The Bertz CT molecular complexity index is 269. The largest absolute Gasteiger partial charge is 0.336 e. The number of nitrogens with one attached hydrogen (secondary N) is 1. The molecule has 15 heavy (non-hydrogen) atoms. The van der Waals surface area contributed by atoms with E-state index in [2.05, 4.69) is 17.3 Å². The summed E-state index contributed by atoms with van der Waals surface area (Å²) in [6.07, 6.45) is 9.85. The fraction of sp³-hybridized carbons (Fsp3) is 0.727. The molecule has 0 saturated heterocycles. The van der Waals surface area contributed by atoms with Gasteiger partial charge in [0.1, 0.15) is 0 Å². The van der Waals surface area contributed by atoms with Crippen LogP contribution >= 0.6 is 0 Å². The fourth-order valence-corrected chi connectivity index (χ4v) is 1.80. The quantitative estimate of drug-likeness (QED) is 0.410. The number of hydrogen-bond acceptors (Lipinski definition) is 3. The Labute approximate surface area is 91.8 Å². The molecule has 1 aromatic heterocycles. The number of hydrazine groups is 1. The highest BCUT2D eigenvalue weighted by Gasteiger charge is 2.12. The van der Waals surface area contributed by atoms with E-state index in [-0.39, 0.29) is 6.04 Å². The van der Waals surface area contributed by atoms with Gasteiger partial charge in [-0.1, -0.05) is 32.6 Å². The zero-order valence-electron chi connectivity index (χ0n) is 9.74. The van der Waals surface area contributed by atoms with Crippen molar-refractivity contribution in [3.05, 3.63) is 18.2 Å². The van der Waals surface area contributed by atoms with Gasteiger partial charge in [-0.3, -0.25) is 11.3 Å². The molecule has 1 atom stereocenters. The van der Waals surface area contributed by atoms with Gasteiger partial charge in [0, 0.05) is 13.2 Å². The third kappa shape index (κ3) is 3.64. The summed E-state index contributed by atoms with van der Waals surface area (Å²) in [7, 11) is 2.00. The van der Waals surface area contributed by atoms with Gasteiger partial charge in [0.2, 0.25) is 0 Å². The zero-order valence-corrected chi connectivity index (χ0v) is 9.74. The van der Waals surface area contributed by atoms with Crippen LogP contribution in [-0.2, 0) is 7.05 Å². The number of nitrogens with zero attached hydrogens (tertiary/aromatic N) is 2. The van der Waals surface area contributed by atoms with Gasteiger partial charge < -0.3 is 4.57 Å². The zero-order chi connectivity index (χ0) is 11.1. The third-order valence-electron chi connectivity index (χ3n) is 2.76. The van der Waals surface area contributed by atoms with E-state index < -0.39 is 0 Å². The van der Waals surface area contributed by atoms with Crippen LogP contribution in [0.2, 0.25) is 0 Å². The molecule has 0 aliphatic rings. The number of aryl methyl sites for hydroxylation is 1. The molecular weight excluding hydrogens is 188 g/mol. The molecule has 0 bridgehead atoms. The van der Waals surface area contributed by atoms with E-state index in [0.717, 1.165) is 12.1 Å². The van der Waals surface area contributed by atoms with Crippen molar-refractivity contribution in [1.82, 2.24) is 15.0 Å². The van der Waals surface area contributed by atoms with E-state index >= 15 is 0 Å². The fourth-order valence-electron chi connectivity index (χ4n) is 1.80. The molecule has 3 N–H and O–H groups in total. The first kappa shape index (κ1) is 12.2. The average Bonchev–Trinajstić information content (AvgIpc) is 2.65. The highest BCUT2D eigenvalue weighted by atomic mass is 15.2. The van der Waals surface area contributed by atoms with Crippen LogP contribution in [0.15, 0.2) is 12.5 Å². The molecule has 0 radical (unpaired) electrons. The van der Waals surface area contributed by atoms with Crippen LogP contribution in [0.5, 0.6) is 0 Å². The number of rotatable bonds is 7. The van der Waals surface area contributed by atoms with E-state index in [9.17, 15) is 0 Å². The van der Waals surface area contributed by atoms with E-state index in [1.807, 2.05) is 24.1 Å². The minimum Gasteiger partial charge on any atom is -0.336 e. The van der Waals surface area contributed by atoms with Gasteiger partial charge in [0.05, 0.1) is 18.1 Å². The van der Waals surface area contributed by atoms with Gasteiger partial charge in [0.15, 0.2) is 0 Å². The van der Waals surface area contributed by atoms with Gasteiger partial charge in [0.25, 0.3) is 0 Å². The second-order valence-corrected chi connectivity index (χ2v) is 4.00. The van der Waals surface area contributed by atoms with E-state index in [1.165, 1.54) is 25.7 Å². The Morgan fingerprint density at radius 2 is 2.27 bits per heavy atom. The molecule has 0 aromatic carbocycles. The van der Waals surface area contributed by atoms with Crippen LogP contribution in [0.4, 0.5) is 0 Å². The van der Waals surface area contributed by atoms with Crippen LogP contribution in [0, 0.1) is 0 Å². The van der Waals surface area contributed by atoms with Crippen molar-refractivity contribution in [2.75, 3.05) is 0 Å². The number of unbranched alkanes of at least 4 members (excludes halogenated alkanes) is 3. The molecule has 4 heteroatoms. The van der Waals surface area contributed by atoms with Crippen molar-refractivity contribution < 1.29 is 0 Å². The summed E-state index contributed by atoms with van der Waals surface area (Å²) in [6.45, 7) is 2.22. The Morgan fingerprint density at radius 3 is 2.80 bits per heavy atom. The smallest absolute Gasteiger partial charge is 0.0946 e. The first-order valence-electron chi connectivity index (χ1n) is 5.72. The number of nitrogens with two attached hydrogens (primary N) is 1. The van der Waals surface area contributed by atoms with Gasteiger partial charge >= 0.3 is 0 Å². The highest BCUT2D eigenvalue weighted by Crippen LogP contribution is 2.18. The maximum absolute atomic E-state index is 5.56. The minimum atomic E-state index is 0.231. The van der Waals surface area contributed by atoms with Crippen LogP contribution in [-0.4, -0.2) is 9.55 Å². The number of aromatic nitrogens is 2. The highest BCUT2D eigenvalue weighted by molar-refractivity contribution is 5.04. The predicted octanol–water partition coefficient (Wildman–Crippen LogP) is 1.89. The second kappa shape index (κ2) is 6.58. The maximum atomic E-state index is 5.56. The van der Waals surface area contributed by atoms with E-state index in [4.69, 9.17) is 5.84 Å². The Balaban J connectivity index is 2.39. The maximum Gasteiger partial charge on any atom is 0.0946 e. The van der Waals surface area contributed by atoms with Crippen LogP contribution < -0.4 is 11.3 Å². The van der Waals surface area contributed by atoms with Gasteiger partial charge in [-0.2, -0.15) is 0 Å². The molecule has 0 spiro atoms. The molecule has 86 valence electrons. The van der Waals surface area contributed by atoms with Crippen molar-refractivity contribution >= 4 is 0 Å². The molecule has 1 heterocycles. The predicted molar refractivity (Wildman–Crippen MR) is 62.0 cm³/mol. The van der Waals surface area contributed by atoms with Crippen molar-refractivity contribution in [2.24, 2.45) is 12.9 Å². The number of hydrogen-bond donors (Lipinski definition) is 2. The molecule has 0 aliphatic heterocycles. The second-order valence-electron chi connectivity index (χ2n) is 4.00. The lowest BCUT2D eigenvalue weighted by molar-refractivity contribution is 0.462. The van der Waals surface area contributed by atoms with Crippen molar-refractivity contribution in [3.63, 3.8) is 0 Å². The SMILES string of the molecule is CCCCCCC(NN)c1cncn1C. The summed E-state index contributed by atoms with van der Waals surface area (Å²) in [5.41, 5.74) is 4.02. The summed E-state index contributed by atoms with van der Waals surface area (Å²) >= 11 is 0. The molecule has 0 saturated carbocycles. The molecule has 0 aliphatic carbocycles. The van der Waals surface area contributed by atoms with Crippen molar-refractivity contribution in [3.8, 4) is 0 Å². The summed E-state index contributed by atoms with van der Waals surface area (Å²) in [5.74, 6) is 5.56. The minimum absolute atomic E-state index is 0.231. The standard InChI is InChI=1S/C11H22N4/c1-3-4-5-6-7-10(14-12)11-8-13-9-15(11)2/h8-10,14H,3-7,12H2,1-2H3. The lowest BCUT2D eigenvalue weighted by Gasteiger charge is -2.15. The number of imidazole rings is 1. The van der Waals surface area contributed by atoms with Crippen molar-refractivity contribution in [1.29, 1.82) is 0 Å². The van der Waals surface area contributed by atoms with Gasteiger partial charge in [-0.15, -0.1) is 0 Å². The molecule has 1 rings (SSSR count). The van der Waals surface area contributed by atoms with E-state index in [1.54, 1.807) is 0 Å². The Morgan fingerprint density at radius 1 is 1.47 bits per heavy atom. The van der Waals surface area contributed by atoms with Crippen LogP contribution in [0.1, 0.15) is 50.8 Å². The van der Waals surface area contributed by atoms with Crippen LogP contribution in [0.25, 0.3) is 0 Å². The lowest BCUT2D eigenvalue weighted by atomic mass is 10.1. The summed E-state index contributed by atoms with van der Waals surface area (Å²) in [5, 5.41) is 0. The summed E-state index contributed by atoms with van der Waals surface area (Å²) in [4.78, 5) is 4.10. The normalized spacial score (nSPS) is 13.0. The monoisotopic (exact) mass is 210 g/mol. The first-order valence-corrected chi connectivity index (χ1v) is 5.72.